The number of benzene rings is 3. The number of imide groups is 1. The molecule has 0 saturated carbocycles. The van der Waals surface area contributed by atoms with Crippen molar-refractivity contribution in [3.63, 3.8) is 0 Å². The van der Waals surface area contributed by atoms with Crippen molar-refractivity contribution >= 4 is 33.4 Å². The summed E-state index contributed by atoms with van der Waals surface area (Å²) in [5.74, 6) is -0.872. The number of primary sulfonamides is 1. The number of fused-ring (bicyclic) bond motifs is 1. The minimum absolute atomic E-state index is 0.0629. The average Bonchev–Trinajstić information content (AvgIpc) is 3.08. The van der Waals surface area contributed by atoms with Crippen molar-refractivity contribution in [1.82, 2.24) is 5.32 Å². The van der Waals surface area contributed by atoms with Gasteiger partial charge in [-0.2, -0.15) is 0 Å². The Morgan fingerprint density at radius 3 is 2.34 bits per heavy atom. The van der Waals surface area contributed by atoms with Crippen molar-refractivity contribution in [3.05, 3.63) is 89.0 Å². The molecule has 10 heteroatoms. The minimum Gasteiger partial charge on any atom is -0.494 e. The number of hydrogen-bond acceptors (Lipinski definition) is 6. The van der Waals surface area contributed by atoms with E-state index in [0.29, 0.717) is 23.6 Å². The van der Waals surface area contributed by atoms with E-state index >= 15 is 0 Å². The maximum Gasteiger partial charge on any atom is 0.266 e. The molecule has 3 amide bonds. The van der Waals surface area contributed by atoms with E-state index in [-0.39, 0.29) is 21.6 Å². The van der Waals surface area contributed by atoms with Crippen LogP contribution in [0.4, 0.5) is 5.69 Å². The first-order chi connectivity index (χ1) is 16.6. The molecule has 1 aliphatic rings. The molecule has 1 atom stereocenters. The van der Waals surface area contributed by atoms with Gasteiger partial charge < -0.3 is 10.1 Å². The molecular formula is C25H23N3O6S. The molecule has 0 fully saturated rings. The van der Waals surface area contributed by atoms with E-state index in [9.17, 15) is 22.8 Å². The third-order valence-corrected chi connectivity index (χ3v) is 6.50. The molecule has 0 radical (unpaired) electrons. The SMILES string of the molecule is CCOc1ccc(N2C(=O)c3ccc(C(=O)NC(C)c4cccc(S(N)(=O)=O)c4)cc3C2=O)cc1. The number of nitrogens with zero attached hydrogens (tertiary/aromatic N) is 1. The second kappa shape index (κ2) is 9.32. The zero-order valence-electron chi connectivity index (χ0n) is 19.0. The van der Waals surface area contributed by atoms with E-state index in [0.717, 1.165) is 4.90 Å². The van der Waals surface area contributed by atoms with E-state index in [1.807, 2.05) is 6.92 Å². The fourth-order valence-corrected chi connectivity index (χ4v) is 4.37. The normalized spacial score (nSPS) is 14.0. The number of carbonyl (C=O) groups excluding carboxylic acids is 3. The molecule has 180 valence electrons. The maximum absolute atomic E-state index is 13.0. The number of sulfonamides is 1. The van der Waals surface area contributed by atoms with Crippen molar-refractivity contribution in [2.75, 3.05) is 11.5 Å². The molecule has 0 aliphatic carbocycles. The van der Waals surface area contributed by atoms with Gasteiger partial charge in [-0.15, -0.1) is 0 Å². The van der Waals surface area contributed by atoms with Gasteiger partial charge in [-0.05, 0) is 74.0 Å². The average molecular weight is 494 g/mol. The number of ether oxygens (including phenoxy) is 1. The molecule has 3 N–H and O–H groups in total. The predicted octanol–water partition coefficient (Wildman–Crippen LogP) is 3.02. The Bertz CT molecular complexity index is 1430. The predicted molar refractivity (Wildman–Crippen MR) is 129 cm³/mol. The highest BCUT2D eigenvalue weighted by Gasteiger charge is 2.37. The second-order valence-electron chi connectivity index (χ2n) is 7.95. The van der Waals surface area contributed by atoms with E-state index in [2.05, 4.69) is 5.32 Å². The molecule has 4 rings (SSSR count). The Morgan fingerprint density at radius 1 is 1.00 bits per heavy atom. The Labute approximate surface area is 202 Å². The van der Waals surface area contributed by atoms with Crippen molar-refractivity contribution in [2.45, 2.75) is 24.8 Å². The van der Waals surface area contributed by atoms with Gasteiger partial charge in [0.25, 0.3) is 17.7 Å². The largest absolute Gasteiger partial charge is 0.494 e. The van der Waals surface area contributed by atoms with Gasteiger partial charge in [0.1, 0.15) is 5.75 Å². The molecule has 1 unspecified atom stereocenters. The lowest BCUT2D eigenvalue weighted by Crippen LogP contribution is -2.29. The number of carbonyl (C=O) groups is 3. The fourth-order valence-electron chi connectivity index (χ4n) is 3.80. The molecule has 1 heterocycles. The topological polar surface area (TPSA) is 136 Å². The van der Waals surface area contributed by atoms with E-state index in [4.69, 9.17) is 9.88 Å². The summed E-state index contributed by atoms with van der Waals surface area (Å²) in [4.78, 5) is 39.8. The summed E-state index contributed by atoms with van der Waals surface area (Å²) in [5.41, 5.74) is 1.45. The van der Waals surface area contributed by atoms with Crippen LogP contribution in [0, 0.1) is 0 Å². The first kappa shape index (κ1) is 24.1. The lowest BCUT2D eigenvalue weighted by molar-refractivity contribution is 0.0921. The van der Waals surface area contributed by atoms with E-state index in [1.54, 1.807) is 37.3 Å². The highest BCUT2D eigenvalue weighted by Crippen LogP contribution is 2.30. The highest BCUT2D eigenvalue weighted by atomic mass is 32.2. The van der Waals surface area contributed by atoms with Crippen LogP contribution < -0.4 is 20.1 Å². The molecule has 0 spiro atoms. The first-order valence-electron chi connectivity index (χ1n) is 10.8. The van der Waals surface area contributed by atoms with Gasteiger partial charge >= 0.3 is 0 Å². The second-order valence-corrected chi connectivity index (χ2v) is 9.51. The molecule has 0 aromatic heterocycles. The number of anilines is 1. The molecule has 3 aromatic carbocycles. The van der Waals surface area contributed by atoms with Gasteiger partial charge in [0.15, 0.2) is 0 Å². The van der Waals surface area contributed by atoms with E-state index in [1.165, 1.54) is 36.4 Å². The van der Waals surface area contributed by atoms with Gasteiger partial charge in [0, 0.05) is 5.56 Å². The number of rotatable bonds is 7. The van der Waals surface area contributed by atoms with Crippen molar-refractivity contribution < 1.29 is 27.5 Å². The number of hydrogen-bond donors (Lipinski definition) is 2. The molecule has 3 aromatic rings. The molecule has 35 heavy (non-hydrogen) atoms. The Hall–Kier alpha value is -4.02. The van der Waals surface area contributed by atoms with Gasteiger partial charge in [-0.1, -0.05) is 12.1 Å². The number of nitrogens with one attached hydrogen (secondary N) is 1. The molecule has 1 aliphatic heterocycles. The summed E-state index contributed by atoms with van der Waals surface area (Å²) in [6, 6.07) is 16.3. The molecular weight excluding hydrogens is 470 g/mol. The van der Waals surface area contributed by atoms with Crippen LogP contribution in [0.25, 0.3) is 0 Å². The first-order valence-corrected chi connectivity index (χ1v) is 12.3. The van der Waals surface area contributed by atoms with Crippen LogP contribution in [-0.4, -0.2) is 32.7 Å². The zero-order chi connectivity index (χ0) is 25.3. The molecule has 0 bridgehead atoms. The van der Waals surface area contributed by atoms with Crippen LogP contribution in [0.5, 0.6) is 5.75 Å². The van der Waals surface area contributed by atoms with Crippen molar-refractivity contribution in [1.29, 1.82) is 0 Å². The summed E-state index contributed by atoms with van der Waals surface area (Å²) in [6.07, 6.45) is 0. The highest BCUT2D eigenvalue weighted by molar-refractivity contribution is 7.89. The van der Waals surface area contributed by atoms with Crippen LogP contribution in [0.1, 0.15) is 56.5 Å². The monoisotopic (exact) mass is 493 g/mol. The third-order valence-electron chi connectivity index (χ3n) is 5.59. The lowest BCUT2D eigenvalue weighted by Gasteiger charge is -2.15. The van der Waals surface area contributed by atoms with Crippen LogP contribution in [0.15, 0.2) is 71.6 Å². The quantitative estimate of drug-likeness (QED) is 0.486. The zero-order valence-corrected chi connectivity index (χ0v) is 19.8. The minimum atomic E-state index is -3.89. The molecule has 9 nitrogen and oxygen atoms in total. The van der Waals surface area contributed by atoms with Crippen molar-refractivity contribution in [2.24, 2.45) is 5.14 Å². The lowest BCUT2D eigenvalue weighted by atomic mass is 10.0. The summed E-state index contributed by atoms with van der Waals surface area (Å²) in [5, 5.41) is 7.95. The molecule has 0 saturated heterocycles. The van der Waals surface area contributed by atoms with Crippen LogP contribution in [-0.2, 0) is 10.0 Å². The van der Waals surface area contributed by atoms with Crippen molar-refractivity contribution in [3.8, 4) is 5.75 Å². The standard InChI is InChI=1S/C25H23N3O6S/c1-3-34-19-10-8-18(9-11-19)28-24(30)21-12-7-17(14-22(21)25(28)31)23(29)27-15(2)16-5-4-6-20(13-16)35(26,32)33/h4-15H,3H2,1-2H3,(H,27,29)(H2,26,32,33). The van der Waals surface area contributed by atoms with Crippen LogP contribution in [0.2, 0.25) is 0 Å². The van der Waals surface area contributed by atoms with Crippen LogP contribution in [0.3, 0.4) is 0 Å². The van der Waals surface area contributed by atoms with Crippen LogP contribution >= 0.6 is 0 Å². The summed E-state index contributed by atoms with van der Waals surface area (Å²) < 4.78 is 28.6. The van der Waals surface area contributed by atoms with Gasteiger partial charge in [0.05, 0.1) is 34.4 Å². The third kappa shape index (κ3) is 4.79. The smallest absolute Gasteiger partial charge is 0.266 e. The maximum atomic E-state index is 13.0. The Morgan fingerprint density at radius 2 is 1.69 bits per heavy atom. The summed E-state index contributed by atoms with van der Waals surface area (Å²) >= 11 is 0. The summed E-state index contributed by atoms with van der Waals surface area (Å²) in [6.45, 7) is 4.04. The Balaban J connectivity index is 1.54. The van der Waals surface area contributed by atoms with Gasteiger partial charge in [0.2, 0.25) is 10.0 Å². The Kier molecular flexibility index (Phi) is 6.42. The number of nitrogens with two attached hydrogens (primary N) is 1. The fraction of sp³-hybridized carbons (Fsp3) is 0.160. The van der Waals surface area contributed by atoms with E-state index < -0.39 is 33.8 Å². The summed E-state index contributed by atoms with van der Waals surface area (Å²) in [7, 11) is -3.89. The number of amides is 3. The van der Waals surface area contributed by atoms with Gasteiger partial charge in [-0.3, -0.25) is 14.4 Å². The van der Waals surface area contributed by atoms with Gasteiger partial charge in [-0.25, -0.2) is 18.5 Å².